The zero-order chi connectivity index (χ0) is 16.3. The molecule has 2 aromatic rings. The van der Waals surface area contributed by atoms with Crippen molar-refractivity contribution in [3.63, 3.8) is 0 Å². The summed E-state index contributed by atoms with van der Waals surface area (Å²) in [4.78, 5) is 12.3. The highest BCUT2D eigenvalue weighted by atomic mass is 16.5. The number of ether oxygens (including phenoxy) is 1. The van der Waals surface area contributed by atoms with Gasteiger partial charge in [0, 0.05) is 11.4 Å². The molecule has 4 nitrogen and oxygen atoms in total. The van der Waals surface area contributed by atoms with Crippen molar-refractivity contribution in [1.29, 1.82) is 0 Å². The van der Waals surface area contributed by atoms with Crippen molar-refractivity contribution in [2.45, 2.75) is 33.8 Å². The van der Waals surface area contributed by atoms with E-state index in [1.165, 1.54) is 0 Å². The molecule has 2 rings (SSSR count). The van der Waals surface area contributed by atoms with Crippen LogP contribution in [0.25, 0.3) is 0 Å². The Hall–Kier alpha value is -2.49. The molecular weight excluding hydrogens is 276 g/mol. The van der Waals surface area contributed by atoms with Gasteiger partial charge in [-0.25, -0.2) is 0 Å². The minimum Gasteiger partial charge on any atom is -0.480 e. The Labute approximate surface area is 131 Å². The van der Waals surface area contributed by atoms with Crippen LogP contribution in [0.3, 0.4) is 0 Å². The standard InChI is InChI=1S/C18H22N2O2/c1-11-7-5-8-12(2)17(11)22-14(4)18(21)20-16-10-6-9-15(19)13(16)3/h5-10,14H,19H2,1-4H3,(H,20,21)/t14-/m0/s1. The molecule has 3 N–H and O–H groups in total. The summed E-state index contributed by atoms with van der Waals surface area (Å²) in [5, 5.41) is 2.87. The first kappa shape index (κ1) is 15.9. The maximum atomic E-state index is 12.3. The second kappa shape index (κ2) is 6.52. The molecule has 4 heteroatoms. The van der Waals surface area contributed by atoms with E-state index in [1.54, 1.807) is 6.92 Å². The second-order valence-electron chi connectivity index (χ2n) is 5.49. The minimum atomic E-state index is -0.597. The zero-order valence-corrected chi connectivity index (χ0v) is 13.4. The fraction of sp³-hybridized carbons (Fsp3) is 0.278. The Morgan fingerprint density at radius 1 is 1.09 bits per heavy atom. The molecule has 0 radical (unpaired) electrons. The number of aryl methyl sites for hydroxylation is 2. The maximum absolute atomic E-state index is 12.3. The summed E-state index contributed by atoms with van der Waals surface area (Å²) in [6, 6.07) is 11.4. The molecule has 0 aliphatic heterocycles. The number of carbonyl (C=O) groups excluding carboxylic acids is 1. The van der Waals surface area contributed by atoms with Gasteiger partial charge in [0.2, 0.25) is 0 Å². The van der Waals surface area contributed by atoms with Gasteiger partial charge in [0.05, 0.1) is 0 Å². The molecule has 0 aliphatic rings. The van der Waals surface area contributed by atoms with Gasteiger partial charge in [-0.05, 0) is 56.5 Å². The molecule has 0 bridgehead atoms. The topological polar surface area (TPSA) is 64.3 Å². The van der Waals surface area contributed by atoms with Crippen LogP contribution in [-0.4, -0.2) is 12.0 Å². The van der Waals surface area contributed by atoms with Gasteiger partial charge in [-0.15, -0.1) is 0 Å². The van der Waals surface area contributed by atoms with Gasteiger partial charge >= 0.3 is 0 Å². The number of rotatable bonds is 4. The van der Waals surface area contributed by atoms with E-state index in [9.17, 15) is 4.79 Å². The summed E-state index contributed by atoms with van der Waals surface area (Å²) in [6.45, 7) is 7.55. The van der Waals surface area contributed by atoms with Gasteiger partial charge in [-0.1, -0.05) is 24.3 Å². The van der Waals surface area contributed by atoms with Crippen LogP contribution in [0.2, 0.25) is 0 Å². The molecule has 0 fully saturated rings. The van der Waals surface area contributed by atoms with E-state index in [0.29, 0.717) is 11.4 Å². The number of benzene rings is 2. The van der Waals surface area contributed by atoms with Crippen molar-refractivity contribution in [3.05, 3.63) is 53.1 Å². The molecule has 0 spiro atoms. The molecule has 0 aliphatic carbocycles. The lowest BCUT2D eigenvalue weighted by Gasteiger charge is -2.18. The van der Waals surface area contributed by atoms with Gasteiger partial charge in [-0.2, -0.15) is 0 Å². The van der Waals surface area contributed by atoms with Crippen LogP contribution in [0, 0.1) is 20.8 Å². The molecule has 0 heterocycles. The van der Waals surface area contributed by atoms with Crippen molar-refractivity contribution >= 4 is 17.3 Å². The number of carbonyl (C=O) groups is 1. The van der Waals surface area contributed by atoms with Crippen molar-refractivity contribution in [2.24, 2.45) is 0 Å². The SMILES string of the molecule is Cc1cccc(C)c1O[C@@H](C)C(=O)Nc1cccc(N)c1C. The van der Waals surface area contributed by atoms with Gasteiger partial charge in [0.1, 0.15) is 5.75 Å². The number of nitrogen functional groups attached to an aromatic ring is 1. The first-order valence-corrected chi connectivity index (χ1v) is 7.29. The van der Waals surface area contributed by atoms with E-state index < -0.39 is 6.10 Å². The molecule has 116 valence electrons. The van der Waals surface area contributed by atoms with Crippen molar-refractivity contribution in [1.82, 2.24) is 0 Å². The smallest absolute Gasteiger partial charge is 0.265 e. The summed E-state index contributed by atoms with van der Waals surface area (Å²) in [6.07, 6.45) is -0.597. The molecule has 22 heavy (non-hydrogen) atoms. The number of anilines is 2. The highest BCUT2D eigenvalue weighted by Crippen LogP contribution is 2.24. The average molecular weight is 298 g/mol. The molecule has 1 amide bonds. The van der Waals surface area contributed by atoms with Crippen LogP contribution in [0.1, 0.15) is 23.6 Å². The van der Waals surface area contributed by atoms with E-state index >= 15 is 0 Å². The van der Waals surface area contributed by atoms with Crippen LogP contribution >= 0.6 is 0 Å². The Balaban J connectivity index is 2.11. The third-order valence-corrected chi connectivity index (χ3v) is 3.71. The van der Waals surface area contributed by atoms with Crippen LogP contribution in [0.15, 0.2) is 36.4 Å². The minimum absolute atomic E-state index is 0.198. The first-order valence-electron chi connectivity index (χ1n) is 7.29. The number of amides is 1. The molecule has 0 unspecified atom stereocenters. The number of nitrogens with two attached hydrogens (primary N) is 1. The van der Waals surface area contributed by atoms with Crippen molar-refractivity contribution in [2.75, 3.05) is 11.1 Å². The fourth-order valence-electron chi connectivity index (χ4n) is 2.24. The Bertz CT molecular complexity index is 675. The van der Waals surface area contributed by atoms with Crippen molar-refractivity contribution < 1.29 is 9.53 Å². The number of hydrogen-bond donors (Lipinski definition) is 2. The van der Waals surface area contributed by atoms with Gasteiger partial charge in [0.15, 0.2) is 6.10 Å². The summed E-state index contributed by atoms with van der Waals surface area (Å²) in [5.41, 5.74) is 10.1. The van der Waals surface area contributed by atoms with Gasteiger partial charge in [-0.3, -0.25) is 4.79 Å². The zero-order valence-electron chi connectivity index (χ0n) is 13.4. The van der Waals surface area contributed by atoms with E-state index in [2.05, 4.69) is 5.32 Å². The predicted molar refractivity (Wildman–Crippen MR) is 90.2 cm³/mol. The second-order valence-corrected chi connectivity index (χ2v) is 5.49. The van der Waals surface area contributed by atoms with Crippen LogP contribution < -0.4 is 15.8 Å². The lowest BCUT2D eigenvalue weighted by atomic mass is 10.1. The number of hydrogen-bond acceptors (Lipinski definition) is 3. The first-order chi connectivity index (χ1) is 10.4. The van der Waals surface area contributed by atoms with Crippen LogP contribution in [0.4, 0.5) is 11.4 Å². The van der Waals surface area contributed by atoms with Gasteiger partial charge < -0.3 is 15.8 Å². The third-order valence-electron chi connectivity index (χ3n) is 3.71. The quantitative estimate of drug-likeness (QED) is 0.848. The highest BCUT2D eigenvalue weighted by molar-refractivity contribution is 5.95. The van der Waals surface area contributed by atoms with E-state index in [4.69, 9.17) is 10.5 Å². The van der Waals surface area contributed by atoms with Crippen molar-refractivity contribution in [3.8, 4) is 5.75 Å². The largest absolute Gasteiger partial charge is 0.480 e. The Morgan fingerprint density at radius 3 is 2.32 bits per heavy atom. The molecule has 0 saturated heterocycles. The number of nitrogens with one attached hydrogen (secondary N) is 1. The summed E-state index contributed by atoms with van der Waals surface area (Å²) < 4.78 is 5.84. The maximum Gasteiger partial charge on any atom is 0.265 e. The average Bonchev–Trinajstić information content (AvgIpc) is 2.47. The van der Waals surface area contributed by atoms with E-state index in [0.717, 1.165) is 22.4 Å². The summed E-state index contributed by atoms with van der Waals surface area (Å²) >= 11 is 0. The van der Waals surface area contributed by atoms with Gasteiger partial charge in [0.25, 0.3) is 5.91 Å². The molecule has 1 atom stereocenters. The normalized spacial score (nSPS) is 11.8. The Kier molecular flexibility index (Phi) is 4.71. The molecule has 0 aromatic heterocycles. The Morgan fingerprint density at radius 2 is 1.68 bits per heavy atom. The van der Waals surface area contributed by atoms with E-state index in [1.807, 2.05) is 57.2 Å². The summed E-state index contributed by atoms with van der Waals surface area (Å²) in [5.74, 6) is 0.561. The van der Waals surface area contributed by atoms with E-state index in [-0.39, 0.29) is 5.91 Å². The van der Waals surface area contributed by atoms with Crippen LogP contribution in [-0.2, 0) is 4.79 Å². The molecule has 0 saturated carbocycles. The predicted octanol–water partition coefficient (Wildman–Crippen LogP) is 3.60. The van der Waals surface area contributed by atoms with Crippen LogP contribution in [0.5, 0.6) is 5.75 Å². The molecular formula is C18H22N2O2. The lowest BCUT2D eigenvalue weighted by molar-refractivity contribution is -0.122. The lowest BCUT2D eigenvalue weighted by Crippen LogP contribution is -2.30. The molecule has 2 aromatic carbocycles. The monoisotopic (exact) mass is 298 g/mol. The third kappa shape index (κ3) is 3.39. The summed E-state index contributed by atoms with van der Waals surface area (Å²) in [7, 11) is 0. The highest BCUT2D eigenvalue weighted by Gasteiger charge is 2.17. The number of para-hydroxylation sites is 1. The fourth-order valence-corrected chi connectivity index (χ4v) is 2.24.